The van der Waals surface area contributed by atoms with Crippen molar-refractivity contribution in [3.8, 4) is 0 Å². The fourth-order valence-electron chi connectivity index (χ4n) is 2.43. The molecule has 0 saturated heterocycles. The van der Waals surface area contributed by atoms with E-state index in [9.17, 15) is 30.8 Å². The van der Waals surface area contributed by atoms with Crippen LogP contribution in [0.25, 0.3) is 0 Å². The fraction of sp³-hybridized carbons (Fsp3) is 0.111. The van der Waals surface area contributed by atoms with Gasteiger partial charge in [-0.15, -0.1) is 11.3 Å². The molecule has 0 unspecified atom stereocenters. The maximum absolute atomic E-state index is 14.3. The van der Waals surface area contributed by atoms with Crippen LogP contribution in [0, 0.1) is 5.82 Å². The molecule has 0 bridgehead atoms. The molecule has 0 atom stereocenters. The SMILES string of the molecule is O=C(NCc1cccc(C(F)(F)F)c1)c1ccc(S(=O)(=O)Nc2nccs2)cc1F. The molecule has 0 fully saturated rings. The molecular formula is C18H13F4N3O3S2. The van der Waals surface area contributed by atoms with E-state index in [1.807, 2.05) is 0 Å². The second kappa shape index (κ2) is 8.40. The van der Waals surface area contributed by atoms with E-state index < -0.39 is 43.9 Å². The Labute approximate surface area is 172 Å². The van der Waals surface area contributed by atoms with Crippen LogP contribution < -0.4 is 10.0 Å². The Morgan fingerprint density at radius 2 is 1.90 bits per heavy atom. The zero-order chi connectivity index (χ0) is 21.9. The van der Waals surface area contributed by atoms with E-state index in [1.54, 1.807) is 5.38 Å². The van der Waals surface area contributed by atoms with Crippen molar-refractivity contribution in [3.05, 3.63) is 76.5 Å². The highest BCUT2D eigenvalue weighted by Crippen LogP contribution is 2.29. The van der Waals surface area contributed by atoms with Gasteiger partial charge in [-0.25, -0.2) is 17.8 Å². The van der Waals surface area contributed by atoms with E-state index in [4.69, 9.17) is 0 Å². The van der Waals surface area contributed by atoms with Crippen molar-refractivity contribution >= 4 is 32.4 Å². The van der Waals surface area contributed by atoms with Gasteiger partial charge < -0.3 is 5.32 Å². The van der Waals surface area contributed by atoms with Crippen LogP contribution in [0.15, 0.2) is 58.9 Å². The Kier molecular flexibility index (Phi) is 6.08. The first kappa shape index (κ1) is 21.7. The maximum atomic E-state index is 14.3. The molecule has 3 aromatic rings. The number of anilines is 1. The van der Waals surface area contributed by atoms with Gasteiger partial charge in [-0.3, -0.25) is 9.52 Å². The van der Waals surface area contributed by atoms with E-state index in [2.05, 4.69) is 15.0 Å². The lowest BCUT2D eigenvalue weighted by atomic mass is 10.1. The average molecular weight is 459 g/mol. The summed E-state index contributed by atoms with van der Waals surface area (Å²) in [4.78, 5) is 15.5. The van der Waals surface area contributed by atoms with Gasteiger partial charge in [-0.05, 0) is 35.9 Å². The molecule has 0 aliphatic heterocycles. The van der Waals surface area contributed by atoms with Crippen LogP contribution in [0.2, 0.25) is 0 Å². The fourth-order valence-corrected chi connectivity index (χ4v) is 4.23. The third-order valence-electron chi connectivity index (χ3n) is 3.86. The lowest BCUT2D eigenvalue weighted by molar-refractivity contribution is -0.137. The Hall–Kier alpha value is -2.99. The first-order valence-corrected chi connectivity index (χ1v) is 10.6. The molecule has 0 aliphatic carbocycles. The summed E-state index contributed by atoms with van der Waals surface area (Å²) < 4.78 is 79.3. The Balaban J connectivity index is 1.71. The van der Waals surface area contributed by atoms with Crippen LogP contribution in [-0.4, -0.2) is 19.3 Å². The molecule has 2 N–H and O–H groups in total. The molecule has 6 nitrogen and oxygen atoms in total. The summed E-state index contributed by atoms with van der Waals surface area (Å²) in [5, 5.41) is 3.96. The van der Waals surface area contributed by atoms with Crippen molar-refractivity contribution in [2.24, 2.45) is 0 Å². The zero-order valence-corrected chi connectivity index (χ0v) is 16.5. The van der Waals surface area contributed by atoms with Crippen molar-refractivity contribution in [3.63, 3.8) is 0 Å². The number of benzene rings is 2. The minimum absolute atomic E-state index is 0.0957. The van der Waals surface area contributed by atoms with E-state index in [1.165, 1.54) is 18.3 Å². The van der Waals surface area contributed by atoms with E-state index in [0.717, 1.165) is 35.6 Å². The average Bonchev–Trinajstić information content (AvgIpc) is 3.18. The van der Waals surface area contributed by atoms with Gasteiger partial charge in [0.1, 0.15) is 5.82 Å². The number of alkyl halides is 3. The molecule has 158 valence electrons. The molecule has 0 aliphatic rings. The molecule has 3 rings (SSSR count). The van der Waals surface area contributed by atoms with Crippen molar-refractivity contribution in [2.45, 2.75) is 17.6 Å². The second-order valence-corrected chi connectivity index (χ2v) is 8.54. The molecule has 0 radical (unpaired) electrons. The van der Waals surface area contributed by atoms with E-state index >= 15 is 0 Å². The van der Waals surface area contributed by atoms with Gasteiger partial charge in [0.05, 0.1) is 16.0 Å². The van der Waals surface area contributed by atoms with Crippen LogP contribution in [-0.2, 0) is 22.7 Å². The number of thiazole rings is 1. The van der Waals surface area contributed by atoms with Gasteiger partial charge in [0.15, 0.2) is 5.13 Å². The summed E-state index contributed by atoms with van der Waals surface area (Å²) in [5.41, 5.74) is -1.15. The van der Waals surface area contributed by atoms with Gasteiger partial charge in [-0.2, -0.15) is 13.2 Å². The first-order valence-electron chi connectivity index (χ1n) is 8.22. The maximum Gasteiger partial charge on any atom is 0.416 e. The number of hydrogen-bond donors (Lipinski definition) is 2. The molecule has 1 aromatic heterocycles. The van der Waals surface area contributed by atoms with Crippen molar-refractivity contribution < 1.29 is 30.8 Å². The third-order valence-corrected chi connectivity index (χ3v) is 6.01. The summed E-state index contributed by atoms with van der Waals surface area (Å²) in [5.74, 6) is -2.00. The lowest BCUT2D eigenvalue weighted by Gasteiger charge is -2.11. The lowest BCUT2D eigenvalue weighted by Crippen LogP contribution is -2.24. The smallest absolute Gasteiger partial charge is 0.348 e. The molecule has 1 amide bonds. The topological polar surface area (TPSA) is 88.2 Å². The van der Waals surface area contributed by atoms with Crippen LogP contribution >= 0.6 is 11.3 Å². The third kappa shape index (κ3) is 5.13. The summed E-state index contributed by atoms with van der Waals surface area (Å²) in [7, 11) is -4.10. The minimum Gasteiger partial charge on any atom is -0.348 e. The number of carbonyl (C=O) groups excluding carboxylic acids is 1. The zero-order valence-electron chi connectivity index (χ0n) is 14.9. The first-order chi connectivity index (χ1) is 14.1. The number of hydrogen-bond acceptors (Lipinski definition) is 5. The number of halogens is 4. The number of nitrogens with one attached hydrogen (secondary N) is 2. The highest BCUT2D eigenvalue weighted by molar-refractivity contribution is 7.93. The van der Waals surface area contributed by atoms with Crippen molar-refractivity contribution in [2.75, 3.05) is 4.72 Å². The number of carbonyl (C=O) groups is 1. The quantitative estimate of drug-likeness (QED) is 0.545. The summed E-state index contributed by atoms with van der Waals surface area (Å²) in [6.07, 6.45) is -3.14. The van der Waals surface area contributed by atoms with Gasteiger partial charge in [0.2, 0.25) is 0 Å². The molecule has 30 heavy (non-hydrogen) atoms. The summed E-state index contributed by atoms with van der Waals surface area (Å²) in [6, 6.07) is 7.03. The summed E-state index contributed by atoms with van der Waals surface area (Å²) in [6.45, 7) is -0.270. The second-order valence-electron chi connectivity index (χ2n) is 5.97. The highest BCUT2D eigenvalue weighted by atomic mass is 32.2. The standard InChI is InChI=1S/C18H13F4N3O3S2/c19-15-9-13(30(27,28)25-17-23-6-7-29-17)4-5-14(15)16(26)24-10-11-2-1-3-12(8-11)18(20,21)22/h1-9H,10H2,(H,23,25)(H,24,26). The van der Waals surface area contributed by atoms with Crippen molar-refractivity contribution in [1.82, 2.24) is 10.3 Å². The normalized spacial score (nSPS) is 11.9. The van der Waals surface area contributed by atoms with E-state index in [-0.39, 0.29) is 17.2 Å². The number of rotatable bonds is 6. The van der Waals surface area contributed by atoms with Gasteiger partial charge in [-0.1, -0.05) is 12.1 Å². The molecule has 0 spiro atoms. The highest BCUT2D eigenvalue weighted by Gasteiger charge is 2.30. The van der Waals surface area contributed by atoms with E-state index in [0.29, 0.717) is 6.07 Å². The monoisotopic (exact) mass is 459 g/mol. The molecule has 2 aromatic carbocycles. The van der Waals surface area contributed by atoms with Crippen LogP contribution in [0.4, 0.5) is 22.7 Å². The number of nitrogens with zero attached hydrogens (tertiary/aromatic N) is 1. The summed E-state index contributed by atoms with van der Waals surface area (Å²) >= 11 is 1.03. The molecule has 0 saturated carbocycles. The Morgan fingerprint density at radius 3 is 2.53 bits per heavy atom. The van der Waals surface area contributed by atoms with Gasteiger partial charge in [0.25, 0.3) is 15.9 Å². The predicted octanol–water partition coefficient (Wildman–Crippen LogP) is 4.03. The Morgan fingerprint density at radius 1 is 1.13 bits per heavy atom. The largest absolute Gasteiger partial charge is 0.416 e. The molecule has 12 heteroatoms. The minimum atomic E-state index is -4.53. The predicted molar refractivity (Wildman–Crippen MR) is 102 cm³/mol. The molecular weight excluding hydrogens is 446 g/mol. The Bertz CT molecular complexity index is 1160. The van der Waals surface area contributed by atoms with Gasteiger partial charge in [0, 0.05) is 18.1 Å². The van der Waals surface area contributed by atoms with Crippen LogP contribution in [0.3, 0.4) is 0 Å². The number of aromatic nitrogens is 1. The van der Waals surface area contributed by atoms with Crippen LogP contribution in [0.5, 0.6) is 0 Å². The number of amides is 1. The number of sulfonamides is 1. The molecule has 1 heterocycles. The van der Waals surface area contributed by atoms with Gasteiger partial charge >= 0.3 is 6.18 Å². The van der Waals surface area contributed by atoms with Crippen LogP contribution in [0.1, 0.15) is 21.5 Å². The van der Waals surface area contributed by atoms with Crippen molar-refractivity contribution in [1.29, 1.82) is 0 Å².